The summed E-state index contributed by atoms with van der Waals surface area (Å²) < 4.78 is 1.67. The first kappa shape index (κ1) is 9.43. The zero-order valence-corrected chi connectivity index (χ0v) is 8.57. The van der Waals surface area contributed by atoms with E-state index >= 15 is 0 Å². The van der Waals surface area contributed by atoms with Crippen molar-refractivity contribution in [1.82, 2.24) is 14.6 Å². The van der Waals surface area contributed by atoms with Crippen molar-refractivity contribution < 1.29 is 0 Å². The summed E-state index contributed by atoms with van der Waals surface area (Å²) in [6.07, 6.45) is 2.60. The topological polar surface area (TPSA) is 56.2 Å². The number of nitrogens with zero attached hydrogens (tertiary/aromatic N) is 3. The monoisotopic (exact) mass is 210 g/mol. The lowest BCUT2D eigenvalue weighted by molar-refractivity contribution is 0.736. The lowest BCUT2D eigenvalue weighted by atomic mass is 10.1. The van der Waals surface area contributed by atoms with Gasteiger partial charge >= 0.3 is 0 Å². The molecule has 2 N–H and O–H groups in total. The molecule has 5 heteroatoms. The van der Waals surface area contributed by atoms with Gasteiger partial charge in [0.15, 0.2) is 5.65 Å². The van der Waals surface area contributed by atoms with Crippen molar-refractivity contribution in [3.05, 3.63) is 29.2 Å². The van der Waals surface area contributed by atoms with E-state index in [1.807, 2.05) is 25.3 Å². The summed E-state index contributed by atoms with van der Waals surface area (Å²) in [5.74, 6) is 0. The maximum Gasteiger partial charge on any atom is 0.243 e. The fourth-order valence-electron chi connectivity index (χ4n) is 1.44. The number of halogens is 1. The Kier molecular flexibility index (Phi) is 2.39. The van der Waals surface area contributed by atoms with Crippen molar-refractivity contribution >= 4 is 17.2 Å². The van der Waals surface area contributed by atoms with Crippen LogP contribution in [0.3, 0.4) is 0 Å². The van der Waals surface area contributed by atoms with E-state index in [1.54, 1.807) is 4.52 Å². The van der Waals surface area contributed by atoms with Crippen LogP contribution in [0.25, 0.3) is 5.65 Å². The molecular formula is C9H11ClN4. The summed E-state index contributed by atoms with van der Waals surface area (Å²) in [5.41, 5.74) is 7.59. The molecule has 0 saturated carbocycles. The zero-order valence-electron chi connectivity index (χ0n) is 7.81. The van der Waals surface area contributed by atoms with E-state index in [1.165, 1.54) is 0 Å². The van der Waals surface area contributed by atoms with Crippen LogP contribution < -0.4 is 5.73 Å². The fraction of sp³-hybridized carbons (Fsp3) is 0.333. The molecule has 0 spiro atoms. The number of rotatable bonds is 2. The molecule has 2 heterocycles. The fourth-order valence-corrected chi connectivity index (χ4v) is 1.60. The van der Waals surface area contributed by atoms with Crippen molar-refractivity contribution in [2.75, 3.05) is 0 Å². The predicted octanol–water partition coefficient (Wildman–Crippen LogP) is 1.27. The van der Waals surface area contributed by atoms with Gasteiger partial charge in [-0.2, -0.15) is 4.98 Å². The largest absolute Gasteiger partial charge is 0.328 e. The second-order valence-corrected chi connectivity index (χ2v) is 3.70. The number of aromatic nitrogens is 3. The van der Waals surface area contributed by atoms with Crippen LogP contribution in [-0.2, 0) is 6.42 Å². The van der Waals surface area contributed by atoms with Gasteiger partial charge in [-0.1, -0.05) is 6.07 Å². The Balaban J connectivity index is 2.53. The Morgan fingerprint density at radius 3 is 3.14 bits per heavy atom. The van der Waals surface area contributed by atoms with E-state index in [0.717, 1.165) is 17.6 Å². The highest BCUT2D eigenvalue weighted by molar-refractivity contribution is 6.28. The van der Waals surface area contributed by atoms with Gasteiger partial charge in [-0.3, -0.25) is 0 Å². The molecule has 2 aromatic heterocycles. The summed E-state index contributed by atoms with van der Waals surface area (Å²) >= 11 is 5.72. The van der Waals surface area contributed by atoms with Crippen LogP contribution in [0.2, 0.25) is 5.28 Å². The van der Waals surface area contributed by atoms with E-state index in [2.05, 4.69) is 10.1 Å². The molecule has 4 nitrogen and oxygen atoms in total. The average Bonchev–Trinajstić information content (AvgIpc) is 2.45. The summed E-state index contributed by atoms with van der Waals surface area (Å²) in [7, 11) is 0. The standard InChI is InChI=1S/C9H11ClN4/c1-6(11)5-7-3-2-4-14-8(7)12-9(10)13-14/h2-4,6H,5,11H2,1H3. The highest BCUT2D eigenvalue weighted by atomic mass is 35.5. The van der Waals surface area contributed by atoms with E-state index in [9.17, 15) is 0 Å². The molecule has 0 fully saturated rings. The number of hydrogen-bond acceptors (Lipinski definition) is 3. The third-order valence-electron chi connectivity index (χ3n) is 1.96. The molecule has 0 aliphatic rings. The van der Waals surface area contributed by atoms with Gasteiger partial charge in [-0.25, -0.2) is 4.52 Å². The molecule has 0 bridgehead atoms. The van der Waals surface area contributed by atoms with Crippen LogP contribution in [0.15, 0.2) is 18.3 Å². The maximum absolute atomic E-state index is 5.73. The van der Waals surface area contributed by atoms with Gasteiger partial charge in [0, 0.05) is 12.2 Å². The van der Waals surface area contributed by atoms with E-state index in [-0.39, 0.29) is 11.3 Å². The van der Waals surface area contributed by atoms with Gasteiger partial charge in [0.05, 0.1) is 0 Å². The molecule has 0 aromatic carbocycles. The third kappa shape index (κ3) is 1.71. The molecule has 2 aromatic rings. The zero-order chi connectivity index (χ0) is 10.1. The Labute approximate surface area is 86.7 Å². The lowest BCUT2D eigenvalue weighted by Gasteiger charge is -2.05. The first-order valence-corrected chi connectivity index (χ1v) is 4.80. The van der Waals surface area contributed by atoms with Gasteiger partial charge < -0.3 is 5.73 Å². The van der Waals surface area contributed by atoms with Crippen molar-refractivity contribution in [1.29, 1.82) is 0 Å². The molecule has 0 aliphatic heterocycles. The Bertz CT molecular complexity index is 449. The second kappa shape index (κ2) is 3.55. The van der Waals surface area contributed by atoms with Gasteiger partial charge in [0.1, 0.15) is 0 Å². The number of hydrogen-bond donors (Lipinski definition) is 1. The van der Waals surface area contributed by atoms with Crippen LogP contribution in [0, 0.1) is 0 Å². The highest BCUT2D eigenvalue weighted by Crippen LogP contribution is 2.12. The molecule has 1 unspecified atom stereocenters. The van der Waals surface area contributed by atoms with Crippen molar-refractivity contribution in [2.45, 2.75) is 19.4 Å². The third-order valence-corrected chi connectivity index (χ3v) is 2.12. The summed E-state index contributed by atoms with van der Waals surface area (Å²) in [4.78, 5) is 4.13. The number of pyridine rings is 1. The molecule has 1 atom stereocenters. The Morgan fingerprint density at radius 1 is 1.64 bits per heavy atom. The maximum atomic E-state index is 5.73. The molecule has 14 heavy (non-hydrogen) atoms. The van der Waals surface area contributed by atoms with Gasteiger partial charge in [-0.15, -0.1) is 5.10 Å². The van der Waals surface area contributed by atoms with Crippen LogP contribution in [-0.4, -0.2) is 20.6 Å². The predicted molar refractivity (Wildman–Crippen MR) is 55.4 cm³/mol. The van der Waals surface area contributed by atoms with Crippen LogP contribution >= 0.6 is 11.6 Å². The van der Waals surface area contributed by atoms with E-state index in [4.69, 9.17) is 17.3 Å². The quantitative estimate of drug-likeness (QED) is 0.812. The molecule has 2 rings (SSSR count). The molecule has 74 valence electrons. The lowest BCUT2D eigenvalue weighted by Crippen LogP contribution is -2.18. The van der Waals surface area contributed by atoms with Crippen LogP contribution in [0.5, 0.6) is 0 Å². The van der Waals surface area contributed by atoms with Gasteiger partial charge in [0.25, 0.3) is 0 Å². The summed E-state index contributed by atoms with van der Waals surface area (Å²) in [6, 6.07) is 4.01. The average molecular weight is 211 g/mol. The Hall–Kier alpha value is -1.13. The summed E-state index contributed by atoms with van der Waals surface area (Å²) in [5, 5.41) is 4.28. The van der Waals surface area contributed by atoms with Crippen molar-refractivity contribution in [2.24, 2.45) is 5.73 Å². The van der Waals surface area contributed by atoms with Gasteiger partial charge in [0.2, 0.25) is 5.28 Å². The van der Waals surface area contributed by atoms with Crippen molar-refractivity contribution in [3.8, 4) is 0 Å². The van der Waals surface area contributed by atoms with E-state index in [0.29, 0.717) is 0 Å². The molecular weight excluding hydrogens is 200 g/mol. The van der Waals surface area contributed by atoms with E-state index < -0.39 is 0 Å². The second-order valence-electron chi connectivity index (χ2n) is 3.36. The number of fused-ring (bicyclic) bond motifs is 1. The first-order valence-electron chi connectivity index (χ1n) is 4.42. The SMILES string of the molecule is CC(N)Cc1cccn2nc(Cl)nc12. The molecule has 0 amide bonds. The van der Waals surface area contributed by atoms with Crippen molar-refractivity contribution in [3.63, 3.8) is 0 Å². The first-order chi connectivity index (χ1) is 6.66. The minimum absolute atomic E-state index is 0.108. The minimum atomic E-state index is 0.108. The highest BCUT2D eigenvalue weighted by Gasteiger charge is 2.07. The molecule has 0 radical (unpaired) electrons. The number of nitrogens with two attached hydrogens (primary N) is 1. The van der Waals surface area contributed by atoms with Crippen LogP contribution in [0.1, 0.15) is 12.5 Å². The normalized spacial score (nSPS) is 13.4. The minimum Gasteiger partial charge on any atom is -0.328 e. The molecule has 0 saturated heterocycles. The summed E-state index contributed by atoms with van der Waals surface area (Å²) in [6.45, 7) is 1.96. The van der Waals surface area contributed by atoms with Gasteiger partial charge in [-0.05, 0) is 36.6 Å². The van der Waals surface area contributed by atoms with Crippen LogP contribution in [0.4, 0.5) is 0 Å². The Morgan fingerprint density at radius 2 is 2.43 bits per heavy atom. The smallest absolute Gasteiger partial charge is 0.243 e. The molecule has 0 aliphatic carbocycles.